The fourth-order valence-electron chi connectivity index (χ4n) is 3.79. The quantitative estimate of drug-likeness (QED) is 0.364. The molecule has 5 nitrogen and oxygen atoms in total. The van der Waals surface area contributed by atoms with Crippen LogP contribution in [-0.2, 0) is 9.53 Å². The fraction of sp³-hybridized carbons (Fsp3) is 0.267. The van der Waals surface area contributed by atoms with Crippen molar-refractivity contribution in [2.75, 3.05) is 18.5 Å². The van der Waals surface area contributed by atoms with Gasteiger partial charge in [-0.05, 0) is 62.1 Å². The van der Waals surface area contributed by atoms with Gasteiger partial charge in [0.25, 0.3) is 0 Å². The van der Waals surface area contributed by atoms with Crippen molar-refractivity contribution in [1.29, 1.82) is 5.26 Å². The summed E-state index contributed by atoms with van der Waals surface area (Å²) in [7, 11) is 2.18. The molecule has 0 fully saturated rings. The van der Waals surface area contributed by atoms with Crippen LogP contribution in [0.3, 0.4) is 0 Å². The molecule has 3 aromatic rings. The maximum atomic E-state index is 11.8. The van der Waals surface area contributed by atoms with E-state index < -0.39 is 5.97 Å². The Bertz CT molecular complexity index is 1260. The Morgan fingerprint density at radius 3 is 2.37 bits per heavy atom. The molecule has 180 valence electrons. The standard InChI is InChI=1S/C17H11NO3.C13H21N/c1-11-4-6-12(7-5-11)16-14(10-18)17(19)21-15(16)9-13-3-2-8-20-13;1-5-6-9-14(4)13-10-11(2)7-8-12(13)3/h2-9H,1H3;7-8,10H,5-6,9H2,1-4H3. The molecule has 0 radical (unpaired) electrons. The van der Waals surface area contributed by atoms with Gasteiger partial charge in [-0.1, -0.05) is 55.3 Å². The summed E-state index contributed by atoms with van der Waals surface area (Å²) in [6.45, 7) is 9.69. The molecule has 0 aliphatic carbocycles. The summed E-state index contributed by atoms with van der Waals surface area (Å²) < 4.78 is 10.4. The van der Waals surface area contributed by atoms with Crippen LogP contribution >= 0.6 is 0 Å². The van der Waals surface area contributed by atoms with E-state index in [-0.39, 0.29) is 5.57 Å². The van der Waals surface area contributed by atoms with Gasteiger partial charge in [0, 0.05) is 30.9 Å². The second-order valence-electron chi connectivity index (χ2n) is 8.71. The van der Waals surface area contributed by atoms with E-state index >= 15 is 0 Å². The lowest BCUT2D eigenvalue weighted by Gasteiger charge is -2.21. The first-order valence-electron chi connectivity index (χ1n) is 11.8. The number of aryl methyl sites for hydroxylation is 3. The van der Waals surface area contributed by atoms with Crippen LogP contribution in [-0.4, -0.2) is 19.6 Å². The van der Waals surface area contributed by atoms with Crippen molar-refractivity contribution in [2.24, 2.45) is 0 Å². The number of esters is 1. The van der Waals surface area contributed by atoms with E-state index in [0.29, 0.717) is 17.1 Å². The van der Waals surface area contributed by atoms with E-state index in [0.717, 1.165) is 17.7 Å². The first-order valence-corrected chi connectivity index (χ1v) is 11.8. The van der Waals surface area contributed by atoms with E-state index in [4.69, 9.17) is 9.15 Å². The van der Waals surface area contributed by atoms with Crippen LogP contribution in [0.25, 0.3) is 11.6 Å². The van der Waals surface area contributed by atoms with Crippen LogP contribution in [0.2, 0.25) is 0 Å². The largest absolute Gasteiger partial charge is 0.465 e. The van der Waals surface area contributed by atoms with Gasteiger partial charge in [-0.3, -0.25) is 0 Å². The molecule has 0 N–H and O–H groups in total. The molecule has 1 aliphatic heterocycles. The molecule has 0 saturated carbocycles. The smallest absolute Gasteiger partial charge is 0.355 e. The normalized spacial score (nSPS) is 13.8. The molecule has 1 aromatic heterocycles. The molecule has 4 rings (SSSR count). The van der Waals surface area contributed by atoms with E-state index in [1.165, 1.54) is 35.9 Å². The van der Waals surface area contributed by atoms with E-state index in [2.05, 4.69) is 50.9 Å². The number of unbranched alkanes of at least 4 members (excludes halogenated alkanes) is 1. The van der Waals surface area contributed by atoms with E-state index in [1.807, 2.05) is 37.3 Å². The zero-order valence-electron chi connectivity index (χ0n) is 21.1. The van der Waals surface area contributed by atoms with Crippen LogP contribution in [0.5, 0.6) is 0 Å². The number of anilines is 1. The van der Waals surface area contributed by atoms with Gasteiger partial charge in [0.05, 0.1) is 6.26 Å². The van der Waals surface area contributed by atoms with Gasteiger partial charge < -0.3 is 14.1 Å². The number of nitriles is 1. The number of benzene rings is 2. The Kier molecular flexibility index (Phi) is 8.69. The third kappa shape index (κ3) is 6.51. The first kappa shape index (κ1) is 25.6. The number of allylic oxidation sites excluding steroid dienone is 1. The molecule has 35 heavy (non-hydrogen) atoms. The van der Waals surface area contributed by atoms with Gasteiger partial charge in [-0.2, -0.15) is 5.26 Å². The number of furan rings is 1. The van der Waals surface area contributed by atoms with Gasteiger partial charge in [-0.25, -0.2) is 4.79 Å². The summed E-state index contributed by atoms with van der Waals surface area (Å²) >= 11 is 0. The van der Waals surface area contributed by atoms with Crippen molar-refractivity contribution in [3.8, 4) is 6.07 Å². The monoisotopic (exact) mass is 468 g/mol. The van der Waals surface area contributed by atoms with Crippen molar-refractivity contribution >= 4 is 23.3 Å². The zero-order valence-corrected chi connectivity index (χ0v) is 21.1. The second kappa shape index (κ2) is 11.9. The lowest BCUT2D eigenvalue weighted by Crippen LogP contribution is -2.19. The lowest BCUT2D eigenvalue weighted by molar-refractivity contribution is -0.132. The van der Waals surface area contributed by atoms with Crippen molar-refractivity contribution in [1.82, 2.24) is 0 Å². The molecular weight excluding hydrogens is 436 g/mol. The number of hydrogen-bond donors (Lipinski definition) is 0. The van der Waals surface area contributed by atoms with Crippen LogP contribution in [0, 0.1) is 32.1 Å². The molecule has 0 amide bonds. The highest BCUT2D eigenvalue weighted by Gasteiger charge is 2.31. The summed E-state index contributed by atoms with van der Waals surface area (Å²) in [5, 5.41) is 9.21. The van der Waals surface area contributed by atoms with Crippen LogP contribution < -0.4 is 4.90 Å². The Balaban J connectivity index is 0.000000214. The Labute approximate surface area is 207 Å². The second-order valence-corrected chi connectivity index (χ2v) is 8.71. The van der Waals surface area contributed by atoms with Gasteiger partial charge in [0.1, 0.15) is 23.2 Å². The average molecular weight is 469 g/mol. The van der Waals surface area contributed by atoms with Crippen LogP contribution in [0.4, 0.5) is 5.69 Å². The average Bonchev–Trinajstić information content (AvgIpc) is 3.47. The molecule has 5 heteroatoms. The highest BCUT2D eigenvalue weighted by atomic mass is 16.5. The molecule has 0 atom stereocenters. The molecule has 0 unspecified atom stereocenters. The number of nitrogens with zero attached hydrogens (tertiary/aromatic N) is 2. The predicted molar refractivity (Wildman–Crippen MR) is 141 cm³/mol. The van der Waals surface area contributed by atoms with Crippen LogP contribution in [0.15, 0.2) is 76.6 Å². The molecule has 0 bridgehead atoms. The number of carbonyl (C=O) groups excluding carboxylic acids is 1. The molecule has 0 spiro atoms. The minimum atomic E-state index is -0.633. The number of rotatable bonds is 6. The van der Waals surface area contributed by atoms with Crippen molar-refractivity contribution in [3.05, 3.63) is 100 Å². The number of ether oxygens (including phenoxy) is 1. The zero-order chi connectivity index (χ0) is 25.4. The Morgan fingerprint density at radius 1 is 1.03 bits per heavy atom. The highest BCUT2D eigenvalue weighted by molar-refractivity contribution is 6.11. The van der Waals surface area contributed by atoms with Crippen molar-refractivity contribution in [2.45, 2.75) is 40.5 Å². The lowest BCUT2D eigenvalue weighted by atomic mass is 9.99. The predicted octanol–water partition coefficient (Wildman–Crippen LogP) is 7.00. The van der Waals surface area contributed by atoms with Gasteiger partial charge in [0.15, 0.2) is 0 Å². The van der Waals surface area contributed by atoms with E-state index in [9.17, 15) is 10.1 Å². The highest BCUT2D eigenvalue weighted by Crippen LogP contribution is 2.35. The number of carbonyl (C=O) groups is 1. The van der Waals surface area contributed by atoms with Gasteiger partial charge >= 0.3 is 5.97 Å². The summed E-state index contributed by atoms with van der Waals surface area (Å²) in [5.74, 6) is 0.253. The fourth-order valence-corrected chi connectivity index (χ4v) is 3.79. The van der Waals surface area contributed by atoms with E-state index in [1.54, 1.807) is 18.2 Å². The summed E-state index contributed by atoms with van der Waals surface area (Å²) in [5.41, 5.74) is 6.46. The maximum absolute atomic E-state index is 11.8. The summed E-state index contributed by atoms with van der Waals surface area (Å²) in [6.07, 6.45) is 5.67. The Morgan fingerprint density at radius 2 is 1.74 bits per heavy atom. The number of hydrogen-bond acceptors (Lipinski definition) is 5. The minimum Gasteiger partial charge on any atom is -0.465 e. The maximum Gasteiger partial charge on any atom is 0.355 e. The third-order valence-electron chi connectivity index (χ3n) is 5.79. The molecule has 1 aliphatic rings. The third-order valence-corrected chi connectivity index (χ3v) is 5.79. The number of cyclic esters (lactones) is 1. The summed E-state index contributed by atoms with van der Waals surface area (Å²) in [4.78, 5) is 14.2. The Hall–Kier alpha value is -4.04. The first-order chi connectivity index (χ1) is 16.8. The SMILES string of the molecule is CCCCN(C)c1cc(C)ccc1C.Cc1ccc(C2=C(C#N)C(=O)OC2=Cc2ccco2)cc1. The van der Waals surface area contributed by atoms with Crippen molar-refractivity contribution in [3.63, 3.8) is 0 Å². The molecule has 2 heterocycles. The van der Waals surface area contributed by atoms with Crippen LogP contribution in [0.1, 0.15) is 47.8 Å². The molecule has 2 aromatic carbocycles. The minimum absolute atomic E-state index is 0.0108. The van der Waals surface area contributed by atoms with Crippen molar-refractivity contribution < 1.29 is 13.9 Å². The topological polar surface area (TPSA) is 66.5 Å². The molecular formula is C30H32N2O3. The van der Waals surface area contributed by atoms with Gasteiger partial charge in [-0.15, -0.1) is 0 Å². The summed E-state index contributed by atoms with van der Waals surface area (Å²) in [6, 6.07) is 19.6. The molecule has 0 saturated heterocycles. The van der Waals surface area contributed by atoms with Gasteiger partial charge in [0.2, 0.25) is 0 Å².